The summed E-state index contributed by atoms with van der Waals surface area (Å²) < 4.78 is 43.3. The Morgan fingerprint density at radius 1 is 0.919 bits per heavy atom. The van der Waals surface area contributed by atoms with Gasteiger partial charge in [-0.1, -0.05) is 103 Å². The third kappa shape index (κ3) is 5.34. The molecule has 5 rings (SSSR count). The number of aromatic nitrogens is 2. The number of amides is 1. The van der Waals surface area contributed by atoms with Crippen LogP contribution in [0.25, 0.3) is 0 Å². The monoisotopic (exact) mass is 524 g/mol. The highest BCUT2D eigenvalue weighted by Gasteiger charge is 2.48. The highest BCUT2D eigenvalue weighted by atomic mass is 35.5. The molecule has 0 saturated heterocycles. The van der Waals surface area contributed by atoms with Crippen molar-refractivity contribution in [1.29, 1.82) is 0 Å². The van der Waals surface area contributed by atoms with Gasteiger partial charge in [-0.25, -0.2) is 4.68 Å². The van der Waals surface area contributed by atoms with E-state index in [1.54, 1.807) is 35.2 Å². The van der Waals surface area contributed by atoms with Crippen LogP contribution in [0.15, 0.2) is 91.0 Å². The van der Waals surface area contributed by atoms with Gasteiger partial charge in [0.2, 0.25) is 0 Å². The Morgan fingerprint density at radius 2 is 1.43 bits per heavy atom. The molecular weight excluding hydrogens is 501 g/mol. The molecule has 1 amide bonds. The first-order valence-corrected chi connectivity index (χ1v) is 12.2. The van der Waals surface area contributed by atoms with E-state index >= 15 is 0 Å². The van der Waals surface area contributed by atoms with Crippen molar-refractivity contribution in [3.63, 3.8) is 0 Å². The first-order chi connectivity index (χ1) is 17.8. The average Bonchev–Trinajstić information content (AvgIpc) is 3.24. The van der Waals surface area contributed by atoms with Crippen LogP contribution >= 0.6 is 11.6 Å². The smallest absolute Gasteiger partial charge is 0.362 e. The van der Waals surface area contributed by atoms with E-state index in [2.05, 4.69) is 10.4 Å². The lowest BCUT2D eigenvalue weighted by molar-refractivity contribution is -0.173. The van der Waals surface area contributed by atoms with Crippen LogP contribution in [0.3, 0.4) is 0 Å². The molecule has 0 unspecified atom stereocenters. The van der Waals surface area contributed by atoms with E-state index in [0.717, 1.165) is 15.8 Å². The molecule has 0 radical (unpaired) electrons. The van der Waals surface area contributed by atoms with Gasteiger partial charge >= 0.3 is 6.18 Å². The van der Waals surface area contributed by atoms with E-state index in [1.807, 2.05) is 60.7 Å². The molecule has 0 bridgehead atoms. The van der Waals surface area contributed by atoms with Crippen molar-refractivity contribution in [3.05, 3.63) is 118 Å². The molecule has 1 aliphatic rings. The SMILES string of the molecule is O=C(c1nn2c(c1Cl)N[C@@H](c1ccccc1)C[C@@H]2C(F)(F)F)N(Cc1ccccc1)Cc1ccccc1. The fourth-order valence-electron chi connectivity index (χ4n) is 4.59. The fraction of sp³-hybridized carbons (Fsp3) is 0.214. The topological polar surface area (TPSA) is 50.2 Å². The zero-order chi connectivity index (χ0) is 26.0. The summed E-state index contributed by atoms with van der Waals surface area (Å²) in [5.41, 5.74) is 2.24. The van der Waals surface area contributed by atoms with Crippen molar-refractivity contribution in [2.45, 2.75) is 37.8 Å². The molecule has 0 aliphatic carbocycles. The number of anilines is 1. The summed E-state index contributed by atoms with van der Waals surface area (Å²) in [6, 6.07) is 25.1. The summed E-state index contributed by atoms with van der Waals surface area (Å²) in [7, 11) is 0. The highest BCUT2D eigenvalue weighted by Crippen LogP contribution is 2.46. The fourth-order valence-corrected chi connectivity index (χ4v) is 4.85. The Kier molecular flexibility index (Phi) is 6.93. The van der Waals surface area contributed by atoms with Crippen molar-refractivity contribution in [1.82, 2.24) is 14.7 Å². The van der Waals surface area contributed by atoms with E-state index in [-0.39, 0.29) is 36.0 Å². The first-order valence-electron chi connectivity index (χ1n) is 11.8. The highest BCUT2D eigenvalue weighted by molar-refractivity contribution is 6.36. The second-order valence-corrected chi connectivity index (χ2v) is 9.37. The van der Waals surface area contributed by atoms with Crippen LogP contribution in [0.2, 0.25) is 5.02 Å². The van der Waals surface area contributed by atoms with Crippen LogP contribution in [-0.4, -0.2) is 26.8 Å². The van der Waals surface area contributed by atoms with Crippen LogP contribution in [0, 0.1) is 0 Å². The number of hydrogen-bond acceptors (Lipinski definition) is 3. The minimum Gasteiger partial charge on any atom is -0.362 e. The molecule has 37 heavy (non-hydrogen) atoms. The maximum absolute atomic E-state index is 14.2. The summed E-state index contributed by atoms with van der Waals surface area (Å²) >= 11 is 6.59. The Balaban J connectivity index is 1.52. The minimum atomic E-state index is -4.58. The van der Waals surface area contributed by atoms with Crippen LogP contribution in [0.1, 0.15) is 45.7 Å². The number of carbonyl (C=O) groups excluding carboxylic acids is 1. The molecule has 190 valence electrons. The average molecular weight is 525 g/mol. The van der Waals surface area contributed by atoms with Crippen LogP contribution in [-0.2, 0) is 13.1 Å². The Bertz CT molecular complexity index is 1320. The van der Waals surface area contributed by atoms with Crippen molar-refractivity contribution in [2.24, 2.45) is 0 Å². The number of benzene rings is 3. The lowest BCUT2D eigenvalue weighted by atomic mass is 9.97. The summed E-state index contributed by atoms with van der Waals surface area (Å²) in [5, 5.41) is 7.12. The predicted molar refractivity (Wildman–Crippen MR) is 136 cm³/mol. The maximum Gasteiger partial charge on any atom is 0.410 e. The first kappa shape index (κ1) is 24.9. The lowest BCUT2D eigenvalue weighted by Crippen LogP contribution is -2.36. The predicted octanol–water partition coefficient (Wildman–Crippen LogP) is 7.04. The molecule has 2 heterocycles. The Labute approximate surface area is 217 Å². The van der Waals surface area contributed by atoms with Gasteiger partial charge in [0.25, 0.3) is 5.91 Å². The van der Waals surface area contributed by atoms with Gasteiger partial charge in [0, 0.05) is 19.5 Å². The molecule has 0 saturated carbocycles. The van der Waals surface area contributed by atoms with Crippen molar-refractivity contribution >= 4 is 23.3 Å². The van der Waals surface area contributed by atoms with Crippen LogP contribution in [0.5, 0.6) is 0 Å². The third-order valence-electron chi connectivity index (χ3n) is 6.42. The molecule has 0 fully saturated rings. The lowest BCUT2D eigenvalue weighted by Gasteiger charge is -2.33. The number of fused-ring (bicyclic) bond motifs is 1. The van der Waals surface area contributed by atoms with Crippen molar-refractivity contribution in [3.8, 4) is 0 Å². The maximum atomic E-state index is 14.2. The number of rotatable bonds is 6. The molecule has 5 nitrogen and oxygen atoms in total. The molecule has 1 aromatic heterocycles. The van der Waals surface area contributed by atoms with Gasteiger partial charge in [0.1, 0.15) is 10.8 Å². The van der Waals surface area contributed by atoms with E-state index in [4.69, 9.17) is 11.6 Å². The zero-order valence-corrected chi connectivity index (χ0v) is 20.5. The van der Waals surface area contributed by atoms with Gasteiger partial charge in [-0.3, -0.25) is 4.79 Å². The molecule has 9 heteroatoms. The van der Waals surface area contributed by atoms with Gasteiger partial charge in [-0.2, -0.15) is 18.3 Å². The van der Waals surface area contributed by atoms with Gasteiger partial charge < -0.3 is 10.2 Å². The number of nitrogens with zero attached hydrogens (tertiary/aromatic N) is 3. The van der Waals surface area contributed by atoms with Crippen molar-refractivity contribution in [2.75, 3.05) is 5.32 Å². The Hall–Kier alpha value is -3.78. The largest absolute Gasteiger partial charge is 0.410 e. The van der Waals surface area contributed by atoms with Gasteiger partial charge in [-0.15, -0.1) is 0 Å². The standard InChI is InChI=1S/C28H24ClF3N4O/c29-24-25(27(37)35(17-19-10-4-1-5-11-19)18-20-12-6-2-7-13-20)34-36-23(28(30,31)32)16-22(33-26(24)36)21-14-8-3-9-15-21/h1-15,22-23,33H,16-18H2/t22-,23-/m1/s1. The Morgan fingerprint density at radius 3 is 1.95 bits per heavy atom. The molecule has 1 N–H and O–H groups in total. The van der Waals surface area contributed by atoms with Crippen LogP contribution < -0.4 is 5.32 Å². The van der Waals surface area contributed by atoms with E-state index in [1.165, 1.54) is 0 Å². The molecular formula is C28H24ClF3N4O. The second kappa shape index (κ2) is 10.3. The molecule has 4 aromatic rings. The molecule has 1 aliphatic heterocycles. The second-order valence-electron chi connectivity index (χ2n) is 8.99. The number of alkyl halides is 3. The number of nitrogens with one attached hydrogen (secondary N) is 1. The molecule has 3 aromatic carbocycles. The molecule has 0 spiro atoms. The molecule has 2 atom stereocenters. The summed E-state index contributed by atoms with van der Waals surface area (Å²) in [6.45, 7) is 0.492. The van der Waals surface area contributed by atoms with Gasteiger partial charge in [0.05, 0.1) is 6.04 Å². The van der Waals surface area contributed by atoms with E-state index in [9.17, 15) is 18.0 Å². The van der Waals surface area contributed by atoms with Crippen LogP contribution in [0.4, 0.5) is 19.0 Å². The van der Waals surface area contributed by atoms with Gasteiger partial charge in [-0.05, 0) is 16.7 Å². The minimum absolute atomic E-state index is 0.00758. The quantitative estimate of drug-likeness (QED) is 0.294. The number of halogens is 4. The summed E-state index contributed by atoms with van der Waals surface area (Å²) in [4.78, 5) is 15.3. The summed E-state index contributed by atoms with van der Waals surface area (Å²) in [6.07, 6.45) is -4.85. The van der Waals surface area contributed by atoms with E-state index < -0.39 is 24.2 Å². The summed E-state index contributed by atoms with van der Waals surface area (Å²) in [5.74, 6) is -0.551. The number of carbonyl (C=O) groups is 1. The third-order valence-corrected chi connectivity index (χ3v) is 6.78. The zero-order valence-electron chi connectivity index (χ0n) is 19.7. The van der Waals surface area contributed by atoms with Gasteiger partial charge in [0.15, 0.2) is 11.7 Å². The van der Waals surface area contributed by atoms with E-state index in [0.29, 0.717) is 5.56 Å². The normalized spacial score (nSPS) is 17.1. The number of hydrogen-bond donors (Lipinski definition) is 1. The van der Waals surface area contributed by atoms with Crippen molar-refractivity contribution < 1.29 is 18.0 Å².